The molecule has 35 heavy (non-hydrogen) atoms. The van der Waals surface area contributed by atoms with Gasteiger partial charge in [-0.3, -0.25) is 9.10 Å². The number of sulfonamides is 1. The monoisotopic (exact) mass is 488 g/mol. The molecule has 4 rings (SSSR count). The lowest BCUT2D eigenvalue weighted by atomic mass is 9.95. The normalized spacial score (nSPS) is 14.1. The van der Waals surface area contributed by atoms with E-state index in [0.717, 1.165) is 0 Å². The van der Waals surface area contributed by atoms with Crippen molar-refractivity contribution in [2.24, 2.45) is 0 Å². The maximum Gasteiger partial charge on any atom is 0.338 e. The van der Waals surface area contributed by atoms with Crippen LogP contribution in [0.15, 0.2) is 96.4 Å². The number of carbonyl (C=O) groups is 2. The number of nitrogens with zero attached hydrogens (tertiary/aromatic N) is 1. The molecule has 178 valence electrons. The van der Waals surface area contributed by atoms with Crippen LogP contribution in [-0.2, 0) is 19.6 Å². The molecule has 8 heteroatoms. The van der Waals surface area contributed by atoms with Gasteiger partial charge in [-0.1, -0.05) is 54.6 Å². The van der Waals surface area contributed by atoms with Crippen LogP contribution in [0.2, 0.25) is 0 Å². The Morgan fingerprint density at radius 3 is 2.29 bits per heavy atom. The minimum atomic E-state index is -4.23. The van der Waals surface area contributed by atoms with Gasteiger partial charge in [0.25, 0.3) is 15.9 Å². The summed E-state index contributed by atoms with van der Waals surface area (Å²) in [6, 6.07) is 22.1. The Hall–Kier alpha value is -4.17. The zero-order valence-electron chi connectivity index (χ0n) is 19.1. The van der Waals surface area contributed by atoms with E-state index in [4.69, 9.17) is 4.74 Å². The van der Waals surface area contributed by atoms with Crippen molar-refractivity contribution in [1.82, 2.24) is 0 Å². The fourth-order valence-electron chi connectivity index (χ4n) is 3.92. The minimum Gasteiger partial charge on any atom is -0.462 e. The van der Waals surface area contributed by atoms with Gasteiger partial charge in [0.2, 0.25) is 0 Å². The molecule has 1 amide bonds. The lowest BCUT2D eigenvalue weighted by Crippen LogP contribution is -2.39. The average molecular weight is 489 g/mol. The summed E-state index contributed by atoms with van der Waals surface area (Å²) < 4.78 is 33.7. The van der Waals surface area contributed by atoms with Crippen molar-refractivity contribution in [3.8, 4) is 0 Å². The second-order valence-corrected chi connectivity index (χ2v) is 9.46. The summed E-state index contributed by atoms with van der Waals surface area (Å²) in [5.74, 6) is -1.26. The molecule has 0 aromatic heterocycles. The number of hydrogen-bond acceptors (Lipinski definition) is 5. The molecule has 3 aromatic rings. The summed E-state index contributed by atoms with van der Waals surface area (Å²) >= 11 is 0. The van der Waals surface area contributed by atoms with Gasteiger partial charge in [0.1, 0.15) is 0 Å². The van der Waals surface area contributed by atoms with E-state index < -0.39 is 21.9 Å². The lowest BCUT2D eigenvalue weighted by molar-refractivity contribution is -0.112. The van der Waals surface area contributed by atoms with Crippen molar-refractivity contribution in [2.75, 3.05) is 22.8 Å². The van der Waals surface area contributed by atoms with Crippen molar-refractivity contribution < 1.29 is 22.7 Å². The topological polar surface area (TPSA) is 92.8 Å². The maximum absolute atomic E-state index is 13.8. The van der Waals surface area contributed by atoms with E-state index in [9.17, 15) is 18.0 Å². The molecule has 0 saturated heterocycles. The number of benzene rings is 3. The summed E-state index contributed by atoms with van der Waals surface area (Å²) in [6.07, 6.45) is 1.48. The molecule has 1 aliphatic heterocycles. The summed E-state index contributed by atoms with van der Waals surface area (Å²) in [4.78, 5) is 25.1. The van der Waals surface area contributed by atoms with E-state index in [0.29, 0.717) is 33.6 Å². The van der Waals surface area contributed by atoms with E-state index in [2.05, 4.69) is 11.9 Å². The first-order valence-electron chi connectivity index (χ1n) is 11.0. The number of nitrogens with one attached hydrogen (secondary N) is 1. The molecule has 1 heterocycles. The van der Waals surface area contributed by atoms with Crippen LogP contribution in [0.25, 0.3) is 5.57 Å². The van der Waals surface area contributed by atoms with E-state index in [1.807, 2.05) is 6.07 Å². The summed E-state index contributed by atoms with van der Waals surface area (Å²) in [7, 11) is -4.23. The number of carbonyl (C=O) groups excluding carboxylic acids is 2. The number of anilines is 2. The highest BCUT2D eigenvalue weighted by molar-refractivity contribution is 7.97. The first-order chi connectivity index (χ1) is 16.9. The van der Waals surface area contributed by atoms with Crippen molar-refractivity contribution in [1.29, 1.82) is 0 Å². The molecule has 7 nitrogen and oxygen atoms in total. The van der Waals surface area contributed by atoms with Gasteiger partial charge in [0.05, 0.1) is 24.4 Å². The van der Waals surface area contributed by atoms with Gasteiger partial charge in [-0.25, -0.2) is 13.2 Å². The number of fused-ring (bicyclic) bond motifs is 1. The zero-order valence-corrected chi connectivity index (χ0v) is 19.9. The van der Waals surface area contributed by atoms with E-state index in [-0.39, 0.29) is 18.1 Å². The highest BCUT2D eigenvalue weighted by Crippen LogP contribution is 2.42. The van der Waals surface area contributed by atoms with Crippen molar-refractivity contribution >= 4 is 38.8 Å². The fourth-order valence-corrected chi connectivity index (χ4v) is 5.63. The van der Waals surface area contributed by atoms with Gasteiger partial charge < -0.3 is 10.1 Å². The zero-order chi connectivity index (χ0) is 25.0. The molecular weight excluding hydrogens is 464 g/mol. The van der Waals surface area contributed by atoms with Gasteiger partial charge in [-0.2, -0.15) is 0 Å². The molecule has 0 aliphatic carbocycles. The SMILES string of the molecule is C=CCN1c2ccccc2C(c2ccccc2)=C(C(=O)Nc2ccc(C(=O)OCC)cc2)S1(=O)=O. The summed E-state index contributed by atoms with van der Waals surface area (Å²) in [5, 5.41) is 2.68. The molecule has 0 fully saturated rings. The van der Waals surface area contributed by atoms with Crippen molar-refractivity contribution in [3.05, 3.63) is 113 Å². The summed E-state index contributed by atoms with van der Waals surface area (Å²) in [6.45, 7) is 5.65. The van der Waals surface area contributed by atoms with Crippen LogP contribution in [0.5, 0.6) is 0 Å². The Bertz CT molecular complexity index is 1410. The third-order valence-corrected chi connectivity index (χ3v) is 7.27. The second kappa shape index (κ2) is 9.99. The quantitative estimate of drug-likeness (QED) is 0.388. The van der Waals surface area contributed by atoms with E-state index in [1.54, 1.807) is 55.5 Å². The van der Waals surface area contributed by atoms with Gasteiger partial charge in [0.15, 0.2) is 4.91 Å². The first-order valence-corrected chi connectivity index (χ1v) is 12.4. The predicted molar refractivity (Wildman–Crippen MR) is 136 cm³/mol. The smallest absolute Gasteiger partial charge is 0.338 e. The molecule has 0 bridgehead atoms. The van der Waals surface area contributed by atoms with Crippen LogP contribution in [-0.4, -0.2) is 33.4 Å². The maximum atomic E-state index is 13.8. The van der Waals surface area contributed by atoms with E-state index >= 15 is 0 Å². The Kier molecular flexibility index (Phi) is 6.84. The molecule has 1 N–H and O–H groups in total. The number of hydrogen-bond donors (Lipinski definition) is 1. The second-order valence-electron chi connectivity index (χ2n) is 7.66. The molecule has 0 saturated carbocycles. The Balaban J connectivity index is 1.84. The molecule has 0 atom stereocenters. The highest BCUT2D eigenvalue weighted by atomic mass is 32.2. The largest absolute Gasteiger partial charge is 0.462 e. The highest BCUT2D eigenvalue weighted by Gasteiger charge is 2.40. The van der Waals surface area contributed by atoms with Crippen molar-refractivity contribution in [2.45, 2.75) is 6.92 Å². The standard InChI is InChI=1S/C27H24N2O5S/c1-3-18-29-23-13-9-8-12-22(23)24(19-10-6-5-7-11-19)25(35(29,32)33)26(30)28-21-16-14-20(15-17-21)27(31)34-4-2/h3,5-17H,1,4,18H2,2H3,(H,28,30). The third kappa shape index (κ3) is 4.61. The number of para-hydroxylation sites is 1. The number of ether oxygens (including phenoxy) is 1. The molecular formula is C27H24N2O5S. The lowest BCUT2D eigenvalue weighted by Gasteiger charge is -2.32. The van der Waals surface area contributed by atoms with Crippen LogP contribution in [0.3, 0.4) is 0 Å². The Labute approximate surface area is 204 Å². The van der Waals surface area contributed by atoms with Gasteiger partial charge >= 0.3 is 5.97 Å². The molecule has 0 unspecified atom stereocenters. The number of rotatable bonds is 7. The van der Waals surface area contributed by atoms with Crippen molar-refractivity contribution in [3.63, 3.8) is 0 Å². The number of amides is 1. The van der Waals surface area contributed by atoms with Crippen LogP contribution in [0.4, 0.5) is 11.4 Å². The minimum absolute atomic E-state index is 0.00638. The predicted octanol–water partition coefficient (Wildman–Crippen LogP) is 4.60. The third-order valence-electron chi connectivity index (χ3n) is 5.43. The average Bonchev–Trinajstić information content (AvgIpc) is 2.86. The summed E-state index contributed by atoms with van der Waals surface area (Å²) in [5.41, 5.74) is 2.68. The molecule has 3 aromatic carbocycles. The fraction of sp³-hybridized carbons (Fsp3) is 0.111. The molecule has 0 radical (unpaired) electrons. The first kappa shape index (κ1) is 24.0. The Morgan fingerprint density at radius 2 is 1.63 bits per heavy atom. The van der Waals surface area contributed by atoms with Crippen LogP contribution >= 0.6 is 0 Å². The van der Waals surface area contributed by atoms with Crippen LogP contribution in [0.1, 0.15) is 28.4 Å². The van der Waals surface area contributed by atoms with Gasteiger partial charge in [-0.15, -0.1) is 6.58 Å². The van der Waals surface area contributed by atoms with Gasteiger partial charge in [0, 0.05) is 16.8 Å². The van der Waals surface area contributed by atoms with Crippen LogP contribution < -0.4 is 9.62 Å². The molecule has 1 aliphatic rings. The van der Waals surface area contributed by atoms with Crippen LogP contribution in [0, 0.1) is 0 Å². The Morgan fingerprint density at radius 1 is 0.971 bits per heavy atom. The number of esters is 1. The van der Waals surface area contributed by atoms with Gasteiger partial charge in [-0.05, 0) is 42.8 Å². The van der Waals surface area contributed by atoms with E-state index in [1.165, 1.54) is 34.6 Å². The molecule has 0 spiro atoms.